The van der Waals surface area contributed by atoms with Gasteiger partial charge in [0, 0.05) is 6.07 Å². The van der Waals surface area contributed by atoms with Crippen LogP contribution in [0.25, 0.3) is 5.78 Å². The second-order valence-electron chi connectivity index (χ2n) is 3.92. The van der Waals surface area contributed by atoms with Gasteiger partial charge in [0.1, 0.15) is 16.5 Å². The maximum Gasteiger partial charge on any atom is 0.254 e. The molecular formula is C10H13ClN4S. The van der Waals surface area contributed by atoms with E-state index in [0.717, 1.165) is 10.8 Å². The van der Waals surface area contributed by atoms with Gasteiger partial charge in [0.15, 0.2) is 0 Å². The molecule has 4 nitrogen and oxygen atoms in total. The summed E-state index contributed by atoms with van der Waals surface area (Å²) in [5.74, 6) is 2.31. The van der Waals surface area contributed by atoms with E-state index in [9.17, 15) is 0 Å². The van der Waals surface area contributed by atoms with Crippen LogP contribution in [0.2, 0.25) is 5.15 Å². The Morgan fingerprint density at radius 2 is 2.31 bits per heavy atom. The molecule has 0 aliphatic rings. The van der Waals surface area contributed by atoms with Crippen molar-refractivity contribution in [3.63, 3.8) is 0 Å². The lowest BCUT2D eigenvalue weighted by molar-refractivity contribution is 0.631. The van der Waals surface area contributed by atoms with Crippen LogP contribution in [-0.2, 0) is 0 Å². The van der Waals surface area contributed by atoms with Crippen LogP contribution in [0.3, 0.4) is 0 Å². The number of halogens is 1. The molecule has 0 unspecified atom stereocenters. The third kappa shape index (κ3) is 2.65. The molecule has 0 radical (unpaired) electrons. The molecule has 2 aromatic rings. The van der Waals surface area contributed by atoms with Crippen LogP contribution in [0.5, 0.6) is 0 Å². The van der Waals surface area contributed by atoms with Gasteiger partial charge in [-0.05, 0) is 18.1 Å². The van der Waals surface area contributed by atoms with Gasteiger partial charge in [-0.3, -0.25) is 0 Å². The predicted molar refractivity (Wildman–Crippen MR) is 66.0 cm³/mol. The smallest absolute Gasteiger partial charge is 0.199 e. The monoisotopic (exact) mass is 256 g/mol. The van der Waals surface area contributed by atoms with E-state index in [-0.39, 0.29) is 0 Å². The van der Waals surface area contributed by atoms with E-state index in [1.54, 1.807) is 16.3 Å². The fraction of sp³-hybridized carbons (Fsp3) is 0.500. The molecule has 0 fully saturated rings. The molecule has 0 atom stereocenters. The molecule has 6 heteroatoms. The summed E-state index contributed by atoms with van der Waals surface area (Å²) in [5.41, 5.74) is 0. The van der Waals surface area contributed by atoms with Crippen molar-refractivity contribution in [3.8, 4) is 0 Å². The summed E-state index contributed by atoms with van der Waals surface area (Å²) in [4.78, 5) is 8.11. The van der Waals surface area contributed by atoms with Gasteiger partial charge in [-0.1, -0.05) is 25.4 Å². The second kappa shape index (κ2) is 5.01. The van der Waals surface area contributed by atoms with Crippen molar-refractivity contribution < 1.29 is 0 Å². The maximum atomic E-state index is 5.92. The Morgan fingerprint density at radius 1 is 1.50 bits per heavy atom. The Balaban J connectivity index is 2.19. The molecule has 0 aromatic carbocycles. The summed E-state index contributed by atoms with van der Waals surface area (Å²) in [6.45, 7) is 4.43. The van der Waals surface area contributed by atoms with Gasteiger partial charge in [-0.15, -0.1) is 11.8 Å². The van der Waals surface area contributed by atoms with Gasteiger partial charge in [-0.25, -0.2) is 0 Å². The molecule has 0 aliphatic carbocycles. The average Bonchev–Trinajstić information content (AvgIpc) is 2.64. The fourth-order valence-corrected chi connectivity index (χ4v) is 2.75. The molecule has 0 spiro atoms. The highest BCUT2D eigenvalue weighted by atomic mass is 35.5. The fourth-order valence-electron chi connectivity index (χ4n) is 1.26. The van der Waals surface area contributed by atoms with Crippen molar-refractivity contribution in [2.75, 3.05) is 5.75 Å². The van der Waals surface area contributed by atoms with E-state index in [1.807, 2.05) is 6.07 Å². The van der Waals surface area contributed by atoms with Crippen molar-refractivity contribution in [3.05, 3.63) is 17.5 Å². The number of nitrogens with zero attached hydrogens (tertiary/aromatic N) is 4. The lowest BCUT2D eigenvalue weighted by atomic mass is 10.2. The molecule has 2 aromatic heterocycles. The van der Waals surface area contributed by atoms with E-state index in [0.29, 0.717) is 16.8 Å². The minimum Gasteiger partial charge on any atom is -0.199 e. The number of hydrogen-bond donors (Lipinski definition) is 0. The first-order valence-electron chi connectivity index (χ1n) is 5.16. The van der Waals surface area contributed by atoms with Crippen LogP contribution in [-0.4, -0.2) is 25.3 Å². The van der Waals surface area contributed by atoms with Crippen molar-refractivity contribution in [2.24, 2.45) is 5.92 Å². The van der Waals surface area contributed by atoms with Gasteiger partial charge >= 0.3 is 0 Å². The first-order chi connectivity index (χ1) is 7.66. The number of rotatable bonds is 4. The van der Waals surface area contributed by atoms with E-state index < -0.39 is 0 Å². The van der Waals surface area contributed by atoms with Gasteiger partial charge in [0.05, 0.1) is 0 Å². The maximum absolute atomic E-state index is 5.92. The first kappa shape index (κ1) is 11.7. The Hall–Kier alpha value is -0.810. The highest BCUT2D eigenvalue weighted by molar-refractivity contribution is 7.99. The molecule has 0 N–H and O–H groups in total. The Bertz CT molecular complexity index is 483. The number of fused-ring (bicyclic) bond motifs is 1. The molecule has 0 amide bonds. The molecule has 2 heterocycles. The lowest BCUT2D eigenvalue weighted by Crippen LogP contribution is -1.97. The van der Waals surface area contributed by atoms with E-state index >= 15 is 0 Å². The van der Waals surface area contributed by atoms with Crippen LogP contribution in [0, 0.1) is 5.92 Å². The normalized spacial score (nSPS) is 11.5. The predicted octanol–water partition coefficient (Wildman–Crippen LogP) is 2.92. The van der Waals surface area contributed by atoms with Crippen LogP contribution in [0.15, 0.2) is 17.4 Å². The number of thioether (sulfide) groups is 1. The molecule has 0 saturated carbocycles. The quantitative estimate of drug-likeness (QED) is 0.623. The summed E-state index contributed by atoms with van der Waals surface area (Å²) in [7, 11) is 0. The van der Waals surface area contributed by atoms with Crippen molar-refractivity contribution in [1.29, 1.82) is 0 Å². The zero-order valence-electron chi connectivity index (χ0n) is 9.22. The SMILES string of the molecule is CC(C)CCSc1cc(Cl)nc2ncnn12. The summed E-state index contributed by atoms with van der Waals surface area (Å²) < 4.78 is 1.72. The van der Waals surface area contributed by atoms with Crippen LogP contribution in [0.4, 0.5) is 0 Å². The summed E-state index contributed by atoms with van der Waals surface area (Å²) in [5, 5.41) is 5.58. The van der Waals surface area contributed by atoms with Crippen molar-refractivity contribution in [2.45, 2.75) is 25.3 Å². The summed E-state index contributed by atoms with van der Waals surface area (Å²) in [6, 6.07) is 1.83. The molecule has 0 aliphatic heterocycles. The third-order valence-electron chi connectivity index (χ3n) is 2.13. The van der Waals surface area contributed by atoms with Crippen LogP contribution < -0.4 is 0 Å². The Morgan fingerprint density at radius 3 is 3.06 bits per heavy atom. The lowest BCUT2D eigenvalue weighted by Gasteiger charge is -2.05. The van der Waals surface area contributed by atoms with Crippen LogP contribution in [0.1, 0.15) is 20.3 Å². The average molecular weight is 257 g/mol. The Labute approximate surface area is 103 Å². The molecule has 86 valence electrons. The topological polar surface area (TPSA) is 43.1 Å². The molecular weight excluding hydrogens is 244 g/mol. The molecule has 2 rings (SSSR count). The zero-order valence-corrected chi connectivity index (χ0v) is 10.8. The number of hydrogen-bond acceptors (Lipinski definition) is 4. The van der Waals surface area contributed by atoms with Gasteiger partial charge in [-0.2, -0.15) is 19.6 Å². The summed E-state index contributed by atoms with van der Waals surface area (Å²) in [6.07, 6.45) is 2.66. The molecule has 0 saturated heterocycles. The largest absolute Gasteiger partial charge is 0.254 e. The minimum atomic E-state index is 0.465. The van der Waals surface area contributed by atoms with Gasteiger partial charge in [0.25, 0.3) is 5.78 Å². The first-order valence-corrected chi connectivity index (χ1v) is 6.52. The highest BCUT2D eigenvalue weighted by Crippen LogP contribution is 2.22. The van der Waals surface area contributed by atoms with Crippen molar-refractivity contribution in [1.82, 2.24) is 19.6 Å². The van der Waals surface area contributed by atoms with Gasteiger partial charge in [0.2, 0.25) is 0 Å². The zero-order chi connectivity index (χ0) is 11.5. The highest BCUT2D eigenvalue weighted by Gasteiger charge is 2.07. The van der Waals surface area contributed by atoms with Crippen LogP contribution >= 0.6 is 23.4 Å². The molecule has 0 bridgehead atoms. The molecule has 16 heavy (non-hydrogen) atoms. The summed E-state index contributed by atoms with van der Waals surface area (Å²) >= 11 is 7.65. The van der Waals surface area contributed by atoms with E-state index in [2.05, 4.69) is 28.9 Å². The minimum absolute atomic E-state index is 0.465. The third-order valence-corrected chi connectivity index (χ3v) is 3.35. The van der Waals surface area contributed by atoms with E-state index in [4.69, 9.17) is 11.6 Å². The number of aromatic nitrogens is 4. The van der Waals surface area contributed by atoms with Crippen molar-refractivity contribution >= 4 is 29.1 Å². The standard InChI is InChI=1S/C10H13ClN4S/c1-7(2)3-4-16-9-5-8(11)14-10-12-6-13-15(9)10/h5-7H,3-4H2,1-2H3. The Kier molecular flexibility index (Phi) is 3.66. The van der Waals surface area contributed by atoms with Gasteiger partial charge < -0.3 is 0 Å². The van der Waals surface area contributed by atoms with E-state index in [1.165, 1.54) is 12.7 Å². The second-order valence-corrected chi connectivity index (χ2v) is 5.42.